The Bertz CT molecular complexity index is 910. The van der Waals surface area contributed by atoms with Crippen LogP contribution in [0, 0.1) is 0 Å². The molecule has 3 aromatic rings. The van der Waals surface area contributed by atoms with Crippen LogP contribution in [0.4, 0.5) is 11.5 Å². The van der Waals surface area contributed by atoms with Crippen molar-refractivity contribution in [2.45, 2.75) is 0 Å². The first-order valence-corrected chi connectivity index (χ1v) is 6.75. The molecular formula is C16H13N3O4. The Labute approximate surface area is 130 Å². The Kier molecular flexibility index (Phi) is 3.60. The van der Waals surface area contributed by atoms with E-state index in [9.17, 15) is 14.7 Å². The van der Waals surface area contributed by atoms with Crippen molar-refractivity contribution in [3.63, 3.8) is 0 Å². The van der Waals surface area contributed by atoms with Crippen molar-refractivity contribution in [1.29, 1.82) is 0 Å². The van der Waals surface area contributed by atoms with Crippen LogP contribution >= 0.6 is 0 Å². The molecule has 0 fully saturated rings. The van der Waals surface area contributed by atoms with Crippen LogP contribution in [-0.4, -0.2) is 20.0 Å². The first-order valence-electron chi connectivity index (χ1n) is 6.75. The molecule has 0 atom stereocenters. The van der Waals surface area contributed by atoms with Crippen molar-refractivity contribution in [3.8, 4) is 16.9 Å². The van der Waals surface area contributed by atoms with Gasteiger partial charge in [-0.3, -0.25) is 9.78 Å². The molecule has 23 heavy (non-hydrogen) atoms. The molecule has 0 bridgehead atoms. The van der Waals surface area contributed by atoms with E-state index in [1.54, 1.807) is 36.4 Å². The molecule has 0 saturated heterocycles. The molecule has 3 rings (SSSR count). The standard InChI is InChI=1S/C16H13N3O4/c20-13-7-3-11(4-8-13)10-1-5-12(6-2-10)17-14-9-15(21)19(23)16(22)18-14/h1-9,17,20,23H,(H,18,22). The summed E-state index contributed by atoms with van der Waals surface area (Å²) < 4.78 is -0.000895. The van der Waals surface area contributed by atoms with Crippen LogP contribution in [0.25, 0.3) is 11.1 Å². The maximum atomic E-state index is 11.4. The van der Waals surface area contributed by atoms with Gasteiger partial charge in [-0.2, -0.15) is 0 Å². The Hall–Kier alpha value is -3.48. The summed E-state index contributed by atoms with van der Waals surface area (Å²) in [4.78, 5) is 25.0. The zero-order valence-electron chi connectivity index (χ0n) is 11.9. The van der Waals surface area contributed by atoms with Crippen molar-refractivity contribution in [2.75, 3.05) is 5.32 Å². The second-order valence-corrected chi connectivity index (χ2v) is 4.89. The fourth-order valence-corrected chi connectivity index (χ4v) is 2.11. The SMILES string of the molecule is O=c1cc(Nc2ccc(-c3ccc(O)cc3)cc2)[nH]c(=O)n1O. The molecule has 0 aliphatic heterocycles. The van der Waals surface area contributed by atoms with Crippen molar-refractivity contribution >= 4 is 11.5 Å². The molecule has 7 nitrogen and oxygen atoms in total. The van der Waals surface area contributed by atoms with Crippen molar-refractivity contribution < 1.29 is 10.3 Å². The normalized spacial score (nSPS) is 10.4. The molecule has 1 aromatic heterocycles. The minimum absolute atomic E-state index is 0.000895. The first-order chi connectivity index (χ1) is 11.0. The summed E-state index contributed by atoms with van der Waals surface area (Å²) in [7, 11) is 0. The lowest BCUT2D eigenvalue weighted by Gasteiger charge is -2.08. The summed E-state index contributed by atoms with van der Waals surface area (Å²) in [6.07, 6.45) is 0. The molecule has 1 heterocycles. The van der Waals surface area contributed by atoms with Gasteiger partial charge in [-0.25, -0.2) is 4.79 Å². The highest BCUT2D eigenvalue weighted by atomic mass is 16.5. The molecule has 0 spiro atoms. The fourth-order valence-electron chi connectivity index (χ4n) is 2.11. The van der Waals surface area contributed by atoms with Crippen LogP contribution in [0.3, 0.4) is 0 Å². The van der Waals surface area contributed by atoms with Crippen LogP contribution in [0.15, 0.2) is 64.2 Å². The van der Waals surface area contributed by atoms with Crippen LogP contribution in [-0.2, 0) is 0 Å². The van der Waals surface area contributed by atoms with Gasteiger partial charge in [-0.05, 0) is 35.4 Å². The van der Waals surface area contributed by atoms with Crippen LogP contribution in [0.2, 0.25) is 0 Å². The van der Waals surface area contributed by atoms with E-state index in [4.69, 9.17) is 5.21 Å². The summed E-state index contributed by atoms with van der Waals surface area (Å²) in [5.41, 5.74) is 0.830. The number of phenolic OH excluding ortho intramolecular Hbond substituents is 1. The summed E-state index contributed by atoms with van der Waals surface area (Å²) >= 11 is 0. The highest BCUT2D eigenvalue weighted by Gasteiger charge is 2.03. The number of hydrogen-bond donors (Lipinski definition) is 4. The average Bonchev–Trinajstić information content (AvgIpc) is 2.54. The molecular weight excluding hydrogens is 298 g/mol. The van der Waals surface area contributed by atoms with Gasteiger partial charge < -0.3 is 15.6 Å². The minimum Gasteiger partial charge on any atom is -0.508 e. The van der Waals surface area contributed by atoms with Crippen molar-refractivity contribution in [3.05, 3.63) is 75.4 Å². The number of H-pyrrole nitrogens is 1. The lowest BCUT2D eigenvalue weighted by Crippen LogP contribution is -2.33. The van der Waals surface area contributed by atoms with Gasteiger partial charge in [-0.1, -0.05) is 29.0 Å². The third kappa shape index (κ3) is 3.08. The van der Waals surface area contributed by atoms with Gasteiger partial charge in [0.2, 0.25) is 0 Å². The number of nitrogens with zero attached hydrogens (tertiary/aromatic N) is 1. The molecule has 2 aromatic carbocycles. The Morgan fingerprint density at radius 1 is 0.913 bits per heavy atom. The summed E-state index contributed by atoms with van der Waals surface area (Å²) in [6, 6.07) is 15.2. The second-order valence-electron chi connectivity index (χ2n) is 4.89. The number of nitrogens with one attached hydrogen (secondary N) is 2. The molecule has 0 unspecified atom stereocenters. The Morgan fingerprint density at radius 2 is 1.48 bits per heavy atom. The third-order valence-electron chi connectivity index (χ3n) is 3.28. The Morgan fingerprint density at radius 3 is 2.04 bits per heavy atom. The van der Waals surface area contributed by atoms with Gasteiger partial charge in [0.25, 0.3) is 5.56 Å². The van der Waals surface area contributed by atoms with Crippen LogP contribution in [0.1, 0.15) is 0 Å². The molecule has 0 aliphatic carbocycles. The minimum atomic E-state index is -0.916. The Balaban J connectivity index is 1.84. The van der Waals surface area contributed by atoms with E-state index >= 15 is 0 Å². The number of aromatic hydroxyl groups is 1. The number of phenols is 1. The van der Waals surface area contributed by atoms with Gasteiger partial charge in [0.1, 0.15) is 11.6 Å². The molecule has 4 N–H and O–H groups in total. The fraction of sp³-hybridized carbons (Fsp3) is 0. The van der Waals surface area contributed by atoms with E-state index in [0.717, 1.165) is 17.2 Å². The number of rotatable bonds is 3. The van der Waals surface area contributed by atoms with E-state index in [1.165, 1.54) is 0 Å². The smallest absolute Gasteiger partial charge is 0.363 e. The lowest BCUT2D eigenvalue weighted by molar-refractivity contribution is 0.160. The molecule has 0 saturated carbocycles. The molecule has 0 aliphatic rings. The predicted octanol–water partition coefficient (Wildman–Crippen LogP) is 1.89. The zero-order chi connectivity index (χ0) is 16.4. The number of benzene rings is 2. The highest BCUT2D eigenvalue weighted by Crippen LogP contribution is 2.24. The molecule has 0 amide bonds. The van der Waals surface area contributed by atoms with Crippen LogP contribution < -0.4 is 16.6 Å². The first kappa shape index (κ1) is 14.5. The number of aromatic amines is 1. The molecule has 7 heteroatoms. The van der Waals surface area contributed by atoms with E-state index in [2.05, 4.69) is 10.3 Å². The van der Waals surface area contributed by atoms with E-state index in [-0.39, 0.29) is 16.3 Å². The van der Waals surface area contributed by atoms with Gasteiger partial charge in [0.15, 0.2) is 0 Å². The molecule has 0 radical (unpaired) electrons. The maximum absolute atomic E-state index is 11.4. The second kappa shape index (κ2) is 5.72. The predicted molar refractivity (Wildman–Crippen MR) is 85.3 cm³/mol. The number of anilines is 2. The lowest BCUT2D eigenvalue weighted by atomic mass is 10.1. The number of aromatic nitrogens is 2. The van der Waals surface area contributed by atoms with E-state index < -0.39 is 11.2 Å². The third-order valence-corrected chi connectivity index (χ3v) is 3.28. The summed E-state index contributed by atoms with van der Waals surface area (Å²) in [5, 5.41) is 21.3. The monoisotopic (exact) mass is 311 g/mol. The van der Waals surface area contributed by atoms with Gasteiger partial charge in [0, 0.05) is 11.8 Å². The van der Waals surface area contributed by atoms with Crippen molar-refractivity contribution in [2.24, 2.45) is 0 Å². The van der Waals surface area contributed by atoms with Crippen LogP contribution in [0.5, 0.6) is 5.75 Å². The van der Waals surface area contributed by atoms with Crippen molar-refractivity contribution in [1.82, 2.24) is 9.71 Å². The molecule has 116 valence electrons. The topological polar surface area (TPSA) is 107 Å². The van der Waals surface area contributed by atoms with Gasteiger partial charge in [0.05, 0.1) is 0 Å². The van der Waals surface area contributed by atoms with Gasteiger partial charge >= 0.3 is 5.69 Å². The summed E-state index contributed by atoms with van der Waals surface area (Å²) in [5.74, 6) is 0.386. The quantitative estimate of drug-likeness (QED) is 0.553. The number of hydrogen-bond acceptors (Lipinski definition) is 5. The van der Waals surface area contributed by atoms with E-state index in [1.807, 2.05) is 12.1 Å². The van der Waals surface area contributed by atoms with E-state index in [0.29, 0.717) is 5.69 Å². The maximum Gasteiger partial charge on any atom is 0.363 e. The largest absolute Gasteiger partial charge is 0.508 e. The zero-order valence-corrected chi connectivity index (χ0v) is 11.9. The summed E-state index contributed by atoms with van der Waals surface area (Å²) in [6.45, 7) is 0. The van der Waals surface area contributed by atoms with Gasteiger partial charge in [-0.15, -0.1) is 0 Å². The average molecular weight is 311 g/mol. The highest BCUT2D eigenvalue weighted by molar-refractivity contribution is 5.68.